The van der Waals surface area contributed by atoms with Crippen LogP contribution in [0.4, 0.5) is 0 Å². The maximum absolute atomic E-state index is 11.1. The highest BCUT2D eigenvalue weighted by atomic mass is 35.5. The molecule has 1 N–H and O–H groups in total. The molecule has 0 amide bonds. The van der Waals surface area contributed by atoms with Crippen LogP contribution in [-0.2, 0) is 10.0 Å². The van der Waals surface area contributed by atoms with E-state index in [1.165, 1.54) is 24.3 Å². The number of rotatable bonds is 3. The van der Waals surface area contributed by atoms with Gasteiger partial charge in [0.05, 0.1) is 4.90 Å². The number of sulfonamides is 1. The van der Waals surface area contributed by atoms with Gasteiger partial charge in [-0.05, 0) is 23.9 Å². The van der Waals surface area contributed by atoms with Gasteiger partial charge in [-0.1, -0.05) is 12.1 Å². The topological polar surface area (TPSA) is 63.2 Å². The molecule has 1 aromatic carbocycles. The fourth-order valence-electron chi connectivity index (χ4n) is 0.800. The van der Waals surface area contributed by atoms with Crippen molar-refractivity contribution in [3.05, 3.63) is 29.8 Å². The van der Waals surface area contributed by atoms with E-state index in [0.717, 1.165) is 0 Å². The summed E-state index contributed by atoms with van der Waals surface area (Å²) in [5.41, 5.74) is 0.285. The summed E-state index contributed by atoms with van der Waals surface area (Å²) in [5, 5.41) is 0. The van der Waals surface area contributed by atoms with Crippen LogP contribution in [0.15, 0.2) is 29.2 Å². The third-order valence-corrected chi connectivity index (χ3v) is 3.09. The van der Waals surface area contributed by atoms with Gasteiger partial charge in [0.15, 0.2) is 0 Å². The van der Waals surface area contributed by atoms with Gasteiger partial charge in [-0.3, -0.25) is 4.79 Å². The summed E-state index contributed by atoms with van der Waals surface area (Å²) in [7, 11) is -3.67. The minimum atomic E-state index is -3.67. The van der Waals surface area contributed by atoms with E-state index in [2.05, 4.69) is 0 Å². The predicted octanol–water partition coefficient (Wildman–Crippen LogP) is 0.931. The van der Waals surface area contributed by atoms with Crippen molar-refractivity contribution in [2.75, 3.05) is 0 Å². The number of carbonyl (C=O) groups excluding carboxylic acids is 1. The van der Waals surface area contributed by atoms with E-state index in [1.54, 1.807) is 4.24 Å². The number of nitrogens with one attached hydrogen (secondary N) is 1. The Morgan fingerprint density at radius 3 is 2.62 bits per heavy atom. The number of hydrogen-bond acceptors (Lipinski definition) is 3. The largest absolute Gasteiger partial charge is 0.298 e. The monoisotopic (exact) mass is 219 g/mol. The summed E-state index contributed by atoms with van der Waals surface area (Å²) in [6.45, 7) is 0. The number of halogens is 1. The van der Waals surface area contributed by atoms with E-state index in [0.29, 0.717) is 6.29 Å². The molecule has 0 fully saturated rings. The van der Waals surface area contributed by atoms with Crippen molar-refractivity contribution in [3.8, 4) is 0 Å². The first kappa shape index (κ1) is 10.2. The predicted molar refractivity (Wildman–Crippen MR) is 48.0 cm³/mol. The Labute approximate surface area is 80.7 Å². The first-order valence-corrected chi connectivity index (χ1v) is 5.14. The van der Waals surface area contributed by atoms with E-state index in [-0.39, 0.29) is 10.5 Å². The highest BCUT2D eigenvalue weighted by Gasteiger charge is 2.11. The van der Waals surface area contributed by atoms with Gasteiger partial charge in [-0.15, -0.1) is 4.24 Å². The molecule has 0 aliphatic carbocycles. The Morgan fingerprint density at radius 1 is 1.38 bits per heavy atom. The molecule has 0 aliphatic rings. The molecule has 1 rings (SSSR count). The lowest BCUT2D eigenvalue weighted by Gasteiger charge is -2.00. The summed E-state index contributed by atoms with van der Waals surface area (Å²) in [4.78, 5) is 10.3. The van der Waals surface area contributed by atoms with Crippen molar-refractivity contribution in [2.24, 2.45) is 0 Å². The molecule has 4 nitrogen and oxygen atoms in total. The van der Waals surface area contributed by atoms with Crippen LogP contribution >= 0.6 is 11.8 Å². The average molecular weight is 220 g/mol. The van der Waals surface area contributed by atoms with Crippen LogP contribution in [0.5, 0.6) is 0 Å². The Morgan fingerprint density at radius 2 is 2.08 bits per heavy atom. The molecular weight excluding hydrogens is 214 g/mol. The van der Waals surface area contributed by atoms with Crippen LogP contribution in [-0.4, -0.2) is 14.7 Å². The number of aldehydes is 1. The standard InChI is InChI=1S/C7H6ClNO3S/c8-9-13(11,12)7-3-1-2-6(4-7)5-10/h1-5,9H. The third kappa shape index (κ3) is 2.27. The van der Waals surface area contributed by atoms with Crippen molar-refractivity contribution >= 4 is 28.1 Å². The molecule has 70 valence electrons. The zero-order valence-electron chi connectivity index (χ0n) is 6.40. The molecule has 0 unspecified atom stereocenters. The minimum absolute atomic E-state index is 0.0351. The molecule has 6 heteroatoms. The fraction of sp³-hybridized carbons (Fsp3) is 0. The van der Waals surface area contributed by atoms with Crippen molar-refractivity contribution in [1.29, 1.82) is 0 Å². The van der Waals surface area contributed by atoms with Crippen LogP contribution in [0.1, 0.15) is 10.4 Å². The number of benzene rings is 1. The Bertz CT molecular complexity index is 416. The summed E-state index contributed by atoms with van der Waals surface area (Å²) in [6.07, 6.45) is 0.563. The van der Waals surface area contributed by atoms with Gasteiger partial charge >= 0.3 is 0 Å². The van der Waals surface area contributed by atoms with Gasteiger partial charge in [-0.2, -0.15) is 0 Å². The minimum Gasteiger partial charge on any atom is -0.298 e. The first-order chi connectivity index (χ1) is 6.10. The molecule has 0 saturated carbocycles. The molecule has 1 aromatic rings. The number of carbonyl (C=O) groups is 1. The normalized spacial score (nSPS) is 11.2. The van der Waals surface area contributed by atoms with Crippen LogP contribution in [0.3, 0.4) is 0 Å². The molecule has 0 radical (unpaired) electrons. The smallest absolute Gasteiger partial charge is 0.253 e. The third-order valence-electron chi connectivity index (χ3n) is 1.41. The lowest BCUT2D eigenvalue weighted by atomic mass is 10.2. The SMILES string of the molecule is O=Cc1cccc(S(=O)(=O)NCl)c1. The summed E-state index contributed by atoms with van der Waals surface area (Å²) < 4.78 is 23.9. The van der Waals surface area contributed by atoms with Gasteiger partial charge in [0, 0.05) is 5.56 Å². The zero-order chi connectivity index (χ0) is 9.90. The second-order valence-electron chi connectivity index (χ2n) is 2.27. The van der Waals surface area contributed by atoms with Crippen LogP contribution in [0.2, 0.25) is 0 Å². The molecule has 0 bridgehead atoms. The molecule has 13 heavy (non-hydrogen) atoms. The first-order valence-electron chi connectivity index (χ1n) is 3.28. The molecule has 0 spiro atoms. The lowest BCUT2D eigenvalue weighted by Crippen LogP contribution is -2.13. The Kier molecular flexibility index (Phi) is 3.02. The van der Waals surface area contributed by atoms with Gasteiger partial charge in [0.2, 0.25) is 0 Å². The van der Waals surface area contributed by atoms with Crippen LogP contribution < -0.4 is 4.24 Å². The van der Waals surface area contributed by atoms with E-state index < -0.39 is 10.0 Å². The summed E-state index contributed by atoms with van der Waals surface area (Å²) >= 11 is 5.00. The van der Waals surface area contributed by atoms with E-state index >= 15 is 0 Å². The van der Waals surface area contributed by atoms with E-state index in [4.69, 9.17) is 11.8 Å². The second kappa shape index (κ2) is 3.87. The molecule has 0 aromatic heterocycles. The van der Waals surface area contributed by atoms with Gasteiger partial charge in [0.25, 0.3) is 10.0 Å². The highest BCUT2D eigenvalue weighted by Crippen LogP contribution is 2.10. The molecule has 0 heterocycles. The average Bonchev–Trinajstić information content (AvgIpc) is 2.18. The van der Waals surface area contributed by atoms with Gasteiger partial charge < -0.3 is 0 Å². The van der Waals surface area contributed by atoms with Gasteiger partial charge in [-0.25, -0.2) is 8.42 Å². The van der Waals surface area contributed by atoms with Crippen LogP contribution in [0.25, 0.3) is 0 Å². The van der Waals surface area contributed by atoms with E-state index in [1.807, 2.05) is 0 Å². The highest BCUT2D eigenvalue weighted by molar-refractivity contribution is 7.90. The summed E-state index contributed by atoms with van der Waals surface area (Å²) in [5.74, 6) is 0. The van der Waals surface area contributed by atoms with Gasteiger partial charge in [0.1, 0.15) is 6.29 Å². The van der Waals surface area contributed by atoms with Crippen molar-refractivity contribution < 1.29 is 13.2 Å². The molecule has 0 atom stereocenters. The van der Waals surface area contributed by atoms with Crippen molar-refractivity contribution in [1.82, 2.24) is 4.24 Å². The molecular formula is C7H6ClNO3S. The Balaban J connectivity index is 3.24. The fourth-order valence-corrected chi connectivity index (χ4v) is 1.70. The van der Waals surface area contributed by atoms with Crippen LogP contribution in [0, 0.1) is 0 Å². The molecule has 0 aliphatic heterocycles. The quantitative estimate of drug-likeness (QED) is 0.608. The van der Waals surface area contributed by atoms with Crippen molar-refractivity contribution in [2.45, 2.75) is 4.90 Å². The number of hydrogen-bond donors (Lipinski definition) is 1. The maximum atomic E-state index is 11.1. The second-order valence-corrected chi connectivity index (χ2v) is 4.37. The summed E-state index contributed by atoms with van der Waals surface area (Å²) in [6, 6.07) is 5.54. The lowest BCUT2D eigenvalue weighted by molar-refractivity contribution is 0.112. The van der Waals surface area contributed by atoms with Crippen molar-refractivity contribution in [3.63, 3.8) is 0 Å². The molecule has 0 saturated heterocycles. The zero-order valence-corrected chi connectivity index (χ0v) is 7.97. The van der Waals surface area contributed by atoms with E-state index in [9.17, 15) is 13.2 Å². The maximum Gasteiger partial charge on any atom is 0.253 e. The Hall–Kier alpha value is -0.910.